The quantitative estimate of drug-likeness (QED) is 0.376. The molecule has 0 spiro atoms. The molecule has 3 N–H and O–H groups in total. The third-order valence-electron chi connectivity index (χ3n) is 4.93. The van der Waals surface area contributed by atoms with E-state index in [1.165, 1.54) is 23.8 Å². The van der Waals surface area contributed by atoms with Crippen molar-refractivity contribution in [1.82, 2.24) is 5.32 Å². The molecule has 0 bridgehead atoms. The molecule has 0 aromatic heterocycles. The number of hydrogen-bond acceptors (Lipinski definition) is 4. The molecule has 1 atom stereocenters. The number of rotatable bonds is 15. The second-order valence-electron chi connectivity index (χ2n) is 7.40. The van der Waals surface area contributed by atoms with Crippen LogP contribution in [-0.2, 0) is 11.2 Å². The first-order valence-corrected chi connectivity index (χ1v) is 10.7. The predicted molar refractivity (Wildman–Crippen MR) is 115 cm³/mol. The van der Waals surface area contributed by atoms with E-state index in [9.17, 15) is 14.6 Å². The van der Waals surface area contributed by atoms with Crippen molar-refractivity contribution in [2.24, 2.45) is 0 Å². The van der Waals surface area contributed by atoms with Crippen LogP contribution in [0.15, 0.2) is 48.5 Å². The van der Waals surface area contributed by atoms with Crippen LogP contribution >= 0.6 is 0 Å². The normalized spacial score (nSPS) is 12.2. The van der Waals surface area contributed by atoms with E-state index in [0.29, 0.717) is 12.1 Å². The first-order valence-electron chi connectivity index (χ1n) is 10.7. The van der Waals surface area contributed by atoms with Gasteiger partial charge < -0.3 is 20.3 Å². The molecule has 0 saturated carbocycles. The highest BCUT2D eigenvalue weighted by atomic mass is 19.1. The highest BCUT2D eigenvalue weighted by Crippen LogP contribution is 2.20. The van der Waals surface area contributed by atoms with Crippen molar-refractivity contribution in [2.75, 3.05) is 26.3 Å². The van der Waals surface area contributed by atoms with E-state index in [-0.39, 0.29) is 0 Å². The average Bonchev–Trinajstić information content (AvgIpc) is 2.74. The second kappa shape index (κ2) is 14.1. The topological polar surface area (TPSA) is 61.7 Å². The van der Waals surface area contributed by atoms with Gasteiger partial charge >= 0.3 is 0 Å². The Morgan fingerprint density at radius 2 is 1.62 bits per heavy atom. The predicted octanol–water partition coefficient (Wildman–Crippen LogP) is 4.75. The summed E-state index contributed by atoms with van der Waals surface area (Å²) in [6.45, 7) is 2.85. The highest BCUT2D eigenvalue weighted by Gasteiger charge is 2.09. The highest BCUT2D eigenvalue weighted by molar-refractivity contribution is 5.29. The van der Waals surface area contributed by atoms with Gasteiger partial charge in [-0.05, 0) is 61.9 Å². The minimum absolute atomic E-state index is 0.371. The third-order valence-corrected chi connectivity index (χ3v) is 4.93. The van der Waals surface area contributed by atoms with Gasteiger partial charge in [-0.2, -0.15) is 0 Å². The summed E-state index contributed by atoms with van der Waals surface area (Å²) in [4.78, 5) is 0. The molecule has 0 heterocycles. The number of unbranched alkanes of at least 4 members (excludes halogenated alkanes) is 4. The number of nitrogens with one attached hydrogen (secondary N) is 1. The van der Waals surface area contributed by atoms with Gasteiger partial charge in [-0.3, -0.25) is 0 Å². The summed E-state index contributed by atoms with van der Waals surface area (Å²) in [7, 11) is 0. The Kier molecular flexibility index (Phi) is 11.3. The van der Waals surface area contributed by atoms with E-state index in [1.54, 1.807) is 0 Å². The summed E-state index contributed by atoms with van der Waals surface area (Å²) < 4.78 is 19.0. The summed E-state index contributed by atoms with van der Waals surface area (Å²) in [6, 6.07) is 14.5. The number of hydrogen-bond donors (Lipinski definition) is 3. The van der Waals surface area contributed by atoms with Crippen molar-refractivity contribution < 1.29 is 19.3 Å². The fourth-order valence-corrected chi connectivity index (χ4v) is 3.17. The van der Waals surface area contributed by atoms with Crippen molar-refractivity contribution in [3.05, 3.63) is 65.5 Å². The van der Waals surface area contributed by atoms with Gasteiger partial charge in [0.15, 0.2) is 11.6 Å². The summed E-state index contributed by atoms with van der Waals surface area (Å²) in [5, 5.41) is 22.4. The summed E-state index contributed by atoms with van der Waals surface area (Å²) in [6.07, 6.45) is 6.98. The van der Waals surface area contributed by atoms with Gasteiger partial charge in [-0.25, -0.2) is 4.39 Å². The zero-order valence-corrected chi connectivity index (χ0v) is 17.2. The summed E-state index contributed by atoms with van der Waals surface area (Å²) >= 11 is 0. The molecule has 0 saturated heterocycles. The van der Waals surface area contributed by atoms with Crippen LogP contribution in [0.25, 0.3) is 0 Å². The fourth-order valence-electron chi connectivity index (χ4n) is 3.17. The van der Waals surface area contributed by atoms with E-state index in [2.05, 4.69) is 29.6 Å². The van der Waals surface area contributed by atoms with E-state index in [4.69, 9.17) is 4.74 Å². The van der Waals surface area contributed by atoms with E-state index >= 15 is 0 Å². The maximum Gasteiger partial charge on any atom is 0.165 e. The Labute approximate surface area is 173 Å². The van der Waals surface area contributed by atoms with Crippen molar-refractivity contribution >= 4 is 0 Å². The monoisotopic (exact) mass is 403 g/mol. The Morgan fingerprint density at radius 3 is 2.38 bits per heavy atom. The van der Waals surface area contributed by atoms with Gasteiger partial charge in [0.25, 0.3) is 0 Å². The molecule has 2 aromatic carbocycles. The summed E-state index contributed by atoms with van der Waals surface area (Å²) in [5.41, 5.74) is 1.86. The van der Waals surface area contributed by atoms with Gasteiger partial charge in [-0.15, -0.1) is 0 Å². The molecule has 4 nitrogen and oxygen atoms in total. The maximum absolute atomic E-state index is 13.3. The number of ether oxygens (including phenoxy) is 1. The van der Waals surface area contributed by atoms with Gasteiger partial charge in [0.2, 0.25) is 0 Å². The van der Waals surface area contributed by atoms with E-state index in [0.717, 1.165) is 64.7 Å². The first kappa shape index (κ1) is 23.3. The Hall–Kier alpha value is -1.95. The molecular formula is C24H34FNO3. The molecular weight excluding hydrogens is 369 g/mol. The SMILES string of the molecule is Oc1ccc(C(O)CNCCCCCCOCCCCc2ccccc2)cc1F. The fraction of sp³-hybridized carbons (Fsp3) is 0.500. The zero-order valence-electron chi connectivity index (χ0n) is 17.2. The minimum atomic E-state index is -0.777. The number of aryl methyl sites for hydroxylation is 1. The third kappa shape index (κ3) is 9.88. The average molecular weight is 404 g/mol. The number of aromatic hydroxyl groups is 1. The number of phenols is 1. The van der Waals surface area contributed by atoms with Crippen molar-refractivity contribution in [3.63, 3.8) is 0 Å². The van der Waals surface area contributed by atoms with Gasteiger partial charge in [0.1, 0.15) is 0 Å². The molecule has 0 amide bonds. The number of aliphatic hydroxyl groups is 1. The molecule has 0 aliphatic heterocycles. The summed E-state index contributed by atoms with van der Waals surface area (Å²) in [5.74, 6) is -1.11. The molecule has 0 radical (unpaired) electrons. The van der Waals surface area contributed by atoms with Gasteiger partial charge in [0.05, 0.1) is 6.10 Å². The zero-order chi connectivity index (χ0) is 20.7. The lowest BCUT2D eigenvalue weighted by Gasteiger charge is -2.12. The standard InChI is InChI=1S/C24H34FNO3/c25-22-18-21(13-14-23(22)27)24(28)19-26-15-7-1-2-8-16-29-17-9-6-12-20-10-4-3-5-11-20/h3-5,10-11,13-14,18,24,26-28H,1-2,6-9,12,15-17,19H2. The number of benzene rings is 2. The van der Waals surface area contributed by atoms with Crippen LogP contribution in [-0.4, -0.2) is 36.5 Å². The largest absolute Gasteiger partial charge is 0.505 e. The van der Waals surface area contributed by atoms with Crippen LogP contribution in [0.2, 0.25) is 0 Å². The molecule has 29 heavy (non-hydrogen) atoms. The second-order valence-corrected chi connectivity index (χ2v) is 7.40. The Balaban J connectivity index is 1.36. The molecule has 0 aliphatic rings. The molecule has 1 unspecified atom stereocenters. The van der Waals surface area contributed by atoms with E-state index in [1.807, 2.05) is 6.07 Å². The van der Waals surface area contributed by atoms with Crippen LogP contribution in [0, 0.1) is 5.82 Å². The molecule has 160 valence electrons. The van der Waals surface area contributed by atoms with Crippen LogP contribution in [0.1, 0.15) is 55.8 Å². The number of aliphatic hydroxyl groups excluding tert-OH is 1. The lowest BCUT2D eigenvalue weighted by Crippen LogP contribution is -2.22. The smallest absolute Gasteiger partial charge is 0.165 e. The van der Waals surface area contributed by atoms with Crippen LogP contribution < -0.4 is 5.32 Å². The van der Waals surface area contributed by atoms with Crippen LogP contribution in [0.3, 0.4) is 0 Å². The maximum atomic E-state index is 13.3. The number of phenolic OH excluding ortho intramolecular Hbond substituents is 1. The first-order chi connectivity index (χ1) is 14.2. The molecule has 0 aliphatic carbocycles. The Bertz CT molecular complexity index is 681. The lowest BCUT2D eigenvalue weighted by atomic mass is 10.1. The number of halogens is 1. The molecule has 5 heteroatoms. The molecule has 0 fully saturated rings. The van der Waals surface area contributed by atoms with Crippen molar-refractivity contribution in [2.45, 2.75) is 51.0 Å². The van der Waals surface area contributed by atoms with E-state index < -0.39 is 17.7 Å². The minimum Gasteiger partial charge on any atom is -0.505 e. The lowest BCUT2D eigenvalue weighted by molar-refractivity contribution is 0.126. The van der Waals surface area contributed by atoms with Crippen molar-refractivity contribution in [1.29, 1.82) is 0 Å². The molecule has 2 aromatic rings. The van der Waals surface area contributed by atoms with Gasteiger partial charge in [0, 0.05) is 19.8 Å². The van der Waals surface area contributed by atoms with Crippen LogP contribution in [0.4, 0.5) is 4.39 Å². The van der Waals surface area contributed by atoms with Gasteiger partial charge in [-0.1, -0.05) is 49.2 Å². The molecule has 2 rings (SSSR count). The van der Waals surface area contributed by atoms with Crippen molar-refractivity contribution in [3.8, 4) is 5.75 Å². The Morgan fingerprint density at radius 1 is 0.897 bits per heavy atom. The van der Waals surface area contributed by atoms with Crippen LogP contribution in [0.5, 0.6) is 5.75 Å².